The van der Waals surface area contributed by atoms with Gasteiger partial charge in [0.05, 0.1) is 11.5 Å². The van der Waals surface area contributed by atoms with Crippen LogP contribution in [0.2, 0.25) is 0 Å². The standard InChI is InChI=1S/C14H16N2O2S/c15-8-11-7-10-5-3-1-2-4-6-12(10)16-14(11)19-9-13(17)18/h7H,1-6,9H2,(H,17,18)/p-1. The number of thioether (sulfide) groups is 1. The van der Waals surface area contributed by atoms with Crippen molar-refractivity contribution in [3.05, 3.63) is 22.9 Å². The van der Waals surface area contributed by atoms with Crippen molar-refractivity contribution in [3.63, 3.8) is 0 Å². The summed E-state index contributed by atoms with van der Waals surface area (Å²) < 4.78 is 0. The average Bonchev–Trinajstić information content (AvgIpc) is 2.37. The van der Waals surface area contributed by atoms with Crippen LogP contribution in [0.4, 0.5) is 0 Å². The summed E-state index contributed by atoms with van der Waals surface area (Å²) in [5, 5.41) is 20.2. The number of hydrogen-bond acceptors (Lipinski definition) is 5. The zero-order valence-electron chi connectivity index (χ0n) is 10.6. The van der Waals surface area contributed by atoms with E-state index in [0.717, 1.165) is 48.7 Å². The number of carbonyl (C=O) groups is 1. The number of nitriles is 1. The van der Waals surface area contributed by atoms with Crippen molar-refractivity contribution in [2.24, 2.45) is 0 Å². The second-order valence-corrected chi connectivity index (χ2v) is 5.60. The predicted molar refractivity (Wildman–Crippen MR) is 70.6 cm³/mol. The van der Waals surface area contributed by atoms with Gasteiger partial charge in [-0.25, -0.2) is 4.98 Å². The number of aromatic nitrogens is 1. The summed E-state index contributed by atoms with van der Waals surface area (Å²) in [5.41, 5.74) is 2.65. The molecule has 4 nitrogen and oxygen atoms in total. The number of aryl methyl sites for hydroxylation is 2. The SMILES string of the molecule is N#Cc1cc2c(nc1SCC(=O)[O-])CCCCCC2. The molecule has 1 heterocycles. The van der Waals surface area contributed by atoms with E-state index in [1.54, 1.807) is 0 Å². The van der Waals surface area contributed by atoms with Crippen molar-refractivity contribution in [3.8, 4) is 6.07 Å². The monoisotopic (exact) mass is 275 g/mol. The Morgan fingerprint density at radius 2 is 2.11 bits per heavy atom. The summed E-state index contributed by atoms with van der Waals surface area (Å²) in [6.45, 7) is 0. The summed E-state index contributed by atoms with van der Waals surface area (Å²) >= 11 is 1.07. The highest BCUT2D eigenvalue weighted by Gasteiger charge is 2.13. The number of nitrogens with zero attached hydrogens (tertiary/aromatic N) is 2. The summed E-state index contributed by atoms with van der Waals surface area (Å²) in [6.07, 6.45) is 6.55. The molecule has 0 bridgehead atoms. The lowest BCUT2D eigenvalue weighted by molar-refractivity contribution is -0.301. The zero-order chi connectivity index (χ0) is 13.7. The molecular weight excluding hydrogens is 260 g/mol. The number of fused-ring (bicyclic) bond motifs is 1. The number of aliphatic carboxylic acids is 1. The molecule has 0 saturated heterocycles. The van der Waals surface area contributed by atoms with Gasteiger partial charge in [-0.3, -0.25) is 0 Å². The first-order chi connectivity index (χ1) is 9.20. The molecule has 19 heavy (non-hydrogen) atoms. The Labute approximate surface area is 116 Å². The van der Waals surface area contributed by atoms with Gasteiger partial charge in [0, 0.05) is 11.4 Å². The fourth-order valence-corrected chi connectivity index (χ4v) is 2.98. The van der Waals surface area contributed by atoms with Gasteiger partial charge in [0.25, 0.3) is 0 Å². The Bertz CT molecular complexity index is 523. The van der Waals surface area contributed by atoms with Crippen LogP contribution in [0.1, 0.15) is 42.5 Å². The number of carbonyl (C=O) groups excluding carboxylic acids is 1. The van der Waals surface area contributed by atoms with E-state index < -0.39 is 5.97 Å². The second-order valence-electron chi connectivity index (χ2n) is 4.63. The highest BCUT2D eigenvalue weighted by molar-refractivity contribution is 7.99. The van der Waals surface area contributed by atoms with Gasteiger partial charge >= 0.3 is 0 Å². The zero-order valence-corrected chi connectivity index (χ0v) is 11.5. The molecule has 0 aliphatic heterocycles. The molecule has 0 radical (unpaired) electrons. The molecule has 1 aliphatic rings. The van der Waals surface area contributed by atoms with Crippen LogP contribution >= 0.6 is 11.8 Å². The summed E-state index contributed by atoms with van der Waals surface area (Å²) in [7, 11) is 0. The maximum atomic E-state index is 10.5. The van der Waals surface area contributed by atoms with E-state index in [4.69, 9.17) is 5.26 Å². The minimum absolute atomic E-state index is 0.166. The third-order valence-electron chi connectivity index (χ3n) is 3.21. The minimum Gasteiger partial charge on any atom is -0.549 e. The van der Waals surface area contributed by atoms with Gasteiger partial charge in [0.15, 0.2) is 0 Å². The van der Waals surface area contributed by atoms with Gasteiger partial charge < -0.3 is 9.90 Å². The molecule has 2 rings (SSSR count). The van der Waals surface area contributed by atoms with Gasteiger partial charge in [-0.15, -0.1) is 0 Å². The molecule has 0 unspecified atom stereocenters. The van der Waals surface area contributed by atoms with Crippen molar-refractivity contribution < 1.29 is 9.90 Å². The number of carboxylic acid groups (broad SMARTS) is 1. The Balaban J connectivity index is 2.30. The molecule has 1 aromatic rings. The van der Waals surface area contributed by atoms with Crippen LogP contribution in [0.5, 0.6) is 0 Å². The summed E-state index contributed by atoms with van der Waals surface area (Å²) in [6, 6.07) is 3.99. The molecule has 0 saturated carbocycles. The number of pyridine rings is 1. The Morgan fingerprint density at radius 3 is 2.79 bits per heavy atom. The summed E-state index contributed by atoms with van der Waals surface area (Å²) in [4.78, 5) is 15.0. The van der Waals surface area contributed by atoms with E-state index in [1.807, 2.05) is 6.07 Å². The lowest BCUT2D eigenvalue weighted by atomic mass is 9.96. The van der Waals surface area contributed by atoms with Crippen molar-refractivity contribution >= 4 is 17.7 Å². The van der Waals surface area contributed by atoms with Crippen molar-refractivity contribution in [1.29, 1.82) is 5.26 Å². The normalized spacial score (nSPS) is 14.9. The van der Waals surface area contributed by atoms with E-state index in [-0.39, 0.29) is 5.75 Å². The third-order valence-corrected chi connectivity index (χ3v) is 4.18. The highest BCUT2D eigenvalue weighted by Crippen LogP contribution is 2.26. The molecule has 0 N–H and O–H groups in total. The lowest BCUT2D eigenvalue weighted by Crippen LogP contribution is -2.24. The fraction of sp³-hybridized carbons (Fsp3) is 0.500. The maximum Gasteiger partial charge on any atom is 0.114 e. The molecular formula is C14H15N2O2S-. The molecule has 1 aliphatic carbocycles. The van der Waals surface area contributed by atoms with Crippen molar-refractivity contribution in [1.82, 2.24) is 4.98 Å². The van der Waals surface area contributed by atoms with Gasteiger partial charge in [-0.05, 0) is 37.3 Å². The van der Waals surface area contributed by atoms with E-state index in [9.17, 15) is 9.90 Å². The Hall–Kier alpha value is -1.54. The van der Waals surface area contributed by atoms with Gasteiger partial charge in [0.2, 0.25) is 0 Å². The van der Waals surface area contributed by atoms with Gasteiger partial charge in [-0.2, -0.15) is 5.26 Å². The third kappa shape index (κ3) is 3.71. The first-order valence-electron chi connectivity index (χ1n) is 6.46. The molecule has 5 heteroatoms. The molecule has 0 fully saturated rings. The quantitative estimate of drug-likeness (QED) is 0.780. The number of carboxylic acids is 1. The van der Waals surface area contributed by atoms with Crippen LogP contribution in [0, 0.1) is 11.3 Å². The molecule has 0 amide bonds. The number of hydrogen-bond donors (Lipinski definition) is 0. The van der Waals surface area contributed by atoms with Crippen molar-refractivity contribution in [2.75, 3.05) is 5.75 Å². The smallest absolute Gasteiger partial charge is 0.114 e. The first-order valence-corrected chi connectivity index (χ1v) is 7.45. The summed E-state index contributed by atoms with van der Waals surface area (Å²) in [5.74, 6) is -1.30. The Kier molecular flexibility index (Phi) is 4.80. The highest BCUT2D eigenvalue weighted by atomic mass is 32.2. The number of rotatable bonds is 3. The van der Waals surface area contributed by atoms with E-state index >= 15 is 0 Å². The fourth-order valence-electron chi connectivity index (χ4n) is 2.29. The molecule has 0 atom stereocenters. The van der Waals surface area contributed by atoms with Crippen LogP contribution < -0.4 is 5.11 Å². The van der Waals surface area contributed by atoms with Crippen LogP contribution in [0.15, 0.2) is 11.1 Å². The molecule has 0 spiro atoms. The predicted octanol–water partition coefficient (Wildman–Crippen LogP) is 1.45. The molecule has 0 aromatic carbocycles. The van der Waals surface area contributed by atoms with Crippen molar-refractivity contribution in [2.45, 2.75) is 43.6 Å². The van der Waals surface area contributed by atoms with Crippen LogP contribution in [-0.2, 0) is 17.6 Å². The van der Waals surface area contributed by atoms with Gasteiger partial charge in [0.1, 0.15) is 11.1 Å². The van der Waals surface area contributed by atoms with Gasteiger partial charge in [-0.1, -0.05) is 24.6 Å². The van der Waals surface area contributed by atoms with E-state index in [1.165, 1.54) is 12.8 Å². The minimum atomic E-state index is -1.14. The second kappa shape index (κ2) is 6.58. The Morgan fingerprint density at radius 1 is 1.37 bits per heavy atom. The first kappa shape index (κ1) is 13.9. The van der Waals surface area contributed by atoms with Crippen LogP contribution in [0.3, 0.4) is 0 Å². The van der Waals surface area contributed by atoms with Crippen LogP contribution in [0.25, 0.3) is 0 Å². The average molecular weight is 275 g/mol. The van der Waals surface area contributed by atoms with Crippen LogP contribution in [-0.4, -0.2) is 16.7 Å². The largest absolute Gasteiger partial charge is 0.549 e. The van der Waals surface area contributed by atoms with E-state index in [2.05, 4.69) is 11.1 Å². The molecule has 100 valence electrons. The van der Waals surface area contributed by atoms with E-state index in [0.29, 0.717) is 10.6 Å². The lowest BCUT2D eigenvalue weighted by Gasteiger charge is -2.15. The molecule has 1 aromatic heterocycles. The maximum absolute atomic E-state index is 10.5. The topological polar surface area (TPSA) is 76.8 Å².